The van der Waals surface area contributed by atoms with Crippen LogP contribution in [0.4, 0.5) is 0 Å². The minimum absolute atomic E-state index is 0.0776. The molecule has 0 bridgehead atoms. The van der Waals surface area contributed by atoms with E-state index in [9.17, 15) is 8.42 Å². The van der Waals surface area contributed by atoms with Crippen LogP contribution in [-0.4, -0.2) is 13.5 Å². The molecule has 2 aromatic rings. The van der Waals surface area contributed by atoms with Crippen molar-refractivity contribution in [1.82, 2.24) is 4.72 Å². The molecule has 0 aliphatic carbocycles. The molecule has 2 heterocycles. The maximum absolute atomic E-state index is 12.5. The fourth-order valence-electron chi connectivity index (χ4n) is 2.09. The predicted octanol–water partition coefficient (Wildman–Crippen LogP) is 2.82. The maximum atomic E-state index is 12.5. The van der Waals surface area contributed by atoms with Gasteiger partial charge in [-0.25, -0.2) is 13.1 Å². The molecule has 1 unspecified atom stereocenters. The van der Waals surface area contributed by atoms with Crippen LogP contribution in [0.5, 0.6) is 0 Å². The van der Waals surface area contributed by atoms with E-state index in [2.05, 4.69) is 4.72 Å². The van der Waals surface area contributed by atoms with E-state index >= 15 is 0 Å². The number of aliphatic hydroxyl groups excluding tert-OH is 1. The molecule has 0 spiro atoms. The number of aliphatic hydroxyl groups is 1. The second kappa shape index (κ2) is 6.31. The molecule has 1 atom stereocenters. The van der Waals surface area contributed by atoms with Crippen LogP contribution >= 0.6 is 11.3 Å². The highest BCUT2D eigenvalue weighted by molar-refractivity contribution is 7.89. The summed E-state index contributed by atoms with van der Waals surface area (Å²) >= 11 is 1.52. The van der Waals surface area contributed by atoms with Crippen molar-refractivity contribution >= 4 is 21.4 Å². The average Bonchev–Trinajstić information content (AvgIpc) is 3.04. The number of nitrogens with one attached hydrogen (secondary N) is 1. The molecular formula is C14H19NO4S2. The molecule has 21 heavy (non-hydrogen) atoms. The third-order valence-corrected chi connectivity index (χ3v) is 5.67. The highest BCUT2D eigenvalue weighted by Gasteiger charge is 2.27. The van der Waals surface area contributed by atoms with Crippen molar-refractivity contribution in [3.8, 4) is 0 Å². The number of hydrogen-bond acceptors (Lipinski definition) is 5. The molecule has 0 aromatic carbocycles. The van der Waals surface area contributed by atoms with E-state index in [4.69, 9.17) is 9.52 Å². The third-order valence-electron chi connectivity index (χ3n) is 3.17. The highest BCUT2D eigenvalue weighted by Crippen LogP contribution is 2.29. The Kier molecular flexibility index (Phi) is 4.88. The minimum atomic E-state index is -3.70. The van der Waals surface area contributed by atoms with E-state index in [1.807, 2.05) is 31.4 Å². The number of rotatable bonds is 6. The Morgan fingerprint density at radius 3 is 2.62 bits per heavy atom. The summed E-state index contributed by atoms with van der Waals surface area (Å²) in [5, 5.41) is 11.0. The number of sulfonamides is 1. The van der Waals surface area contributed by atoms with Gasteiger partial charge in [0, 0.05) is 10.9 Å². The molecule has 5 nitrogen and oxygen atoms in total. The van der Waals surface area contributed by atoms with Crippen molar-refractivity contribution in [2.24, 2.45) is 5.92 Å². The quantitative estimate of drug-likeness (QED) is 0.854. The zero-order chi connectivity index (χ0) is 15.6. The van der Waals surface area contributed by atoms with Gasteiger partial charge in [0.15, 0.2) is 0 Å². The Hall–Kier alpha value is -1.15. The van der Waals surface area contributed by atoms with E-state index in [0.717, 1.165) is 4.88 Å². The van der Waals surface area contributed by atoms with Crippen molar-refractivity contribution < 1.29 is 17.9 Å². The molecule has 0 fully saturated rings. The Morgan fingerprint density at radius 2 is 2.14 bits per heavy atom. The summed E-state index contributed by atoms with van der Waals surface area (Å²) in [6.07, 6.45) is 0. The van der Waals surface area contributed by atoms with Crippen LogP contribution in [0.2, 0.25) is 0 Å². The van der Waals surface area contributed by atoms with Crippen molar-refractivity contribution in [3.05, 3.63) is 40.0 Å². The Bertz CT molecular complexity index is 687. The molecule has 0 aliphatic rings. The van der Waals surface area contributed by atoms with Crippen LogP contribution in [0.15, 0.2) is 32.9 Å². The Balaban J connectivity index is 2.32. The molecule has 2 aromatic heterocycles. The SMILES string of the molecule is Cc1oc(CO)cc1S(=O)(=O)NC(c1cccs1)C(C)C. The van der Waals surface area contributed by atoms with Crippen molar-refractivity contribution in [2.75, 3.05) is 0 Å². The first kappa shape index (κ1) is 16.2. The van der Waals surface area contributed by atoms with E-state index in [-0.39, 0.29) is 35.0 Å². The molecule has 0 saturated carbocycles. The molecule has 0 amide bonds. The maximum Gasteiger partial charge on any atom is 0.244 e. The van der Waals surface area contributed by atoms with Gasteiger partial charge >= 0.3 is 0 Å². The summed E-state index contributed by atoms with van der Waals surface area (Å²) in [6, 6.07) is 4.89. The summed E-state index contributed by atoms with van der Waals surface area (Å²) in [7, 11) is -3.70. The monoisotopic (exact) mass is 329 g/mol. The molecular weight excluding hydrogens is 310 g/mol. The van der Waals surface area contributed by atoms with Crippen LogP contribution < -0.4 is 4.72 Å². The van der Waals surface area contributed by atoms with Crippen LogP contribution in [0.1, 0.15) is 36.3 Å². The standard InChI is InChI=1S/C14H19NO4S2/c1-9(2)14(12-5-4-6-20-12)15-21(17,18)13-7-11(8-16)19-10(13)3/h4-7,9,14-16H,8H2,1-3H3. The largest absolute Gasteiger partial charge is 0.462 e. The fraction of sp³-hybridized carbons (Fsp3) is 0.429. The van der Waals surface area contributed by atoms with Gasteiger partial charge in [-0.2, -0.15) is 0 Å². The van der Waals surface area contributed by atoms with Gasteiger partial charge in [-0.15, -0.1) is 11.3 Å². The highest BCUT2D eigenvalue weighted by atomic mass is 32.2. The van der Waals surface area contributed by atoms with E-state index in [0.29, 0.717) is 0 Å². The number of thiophene rings is 1. The summed E-state index contributed by atoms with van der Waals surface area (Å²) in [5.41, 5.74) is 0. The summed E-state index contributed by atoms with van der Waals surface area (Å²) in [4.78, 5) is 1.05. The summed E-state index contributed by atoms with van der Waals surface area (Å²) in [5.74, 6) is 0.633. The van der Waals surface area contributed by atoms with Gasteiger partial charge in [0.1, 0.15) is 23.0 Å². The van der Waals surface area contributed by atoms with E-state index in [1.54, 1.807) is 6.92 Å². The third kappa shape index (κ3) is 3.55. The second-order valence-electron chi connectivity index (χ2n) is 5.15. The van der Waals surface area contributed by atoms with Crippen molar-refractivity contribution in [2.45, 2.75) is 38.3 Å². The first-order valence-electron chi connectivity index (χ1n) is 6.61. The van der Waals surface area contributed by atoms with Crippen LogP contribution in [0, 0.1) is 12.8 Å². The molecule has 7 heteroatoms. The van der Waals surface area contributed by atoms with Crippen molar-refractivity contribution in [1.29, 1.82) is 0 Å². The topological polar surface area (TPSA) is 79.5 Å². The van der Waals surface area contributed by atoms with Gasteiger partial charge in [0.2, 0.25) is 10.0 Å². The predicted molar refractivity (Wildman–Crippen MR) is 81.6 cm³/mol. The van der Waals surface area contributed by atoms with Gasteiger partial charge in [-0.3, -0.25) is 0 Å². The molecule has 2 rings (SSSR count). The van der Waals surface area contributed by atoms with Crippen LogP contribution in [0.25, 0.3) is 0 Å². The molecule has 0 saturated heterocycles. The lowest BCUT2D eigenvalue weighted by Gasteiger charge is -2.20. The van der Waals surface area contributed by atoms with Gasteiger partial charge in [-0.05, 0) is 24.3 Å². The zero-order valence-corrected chi connectivity index (χ0v) is 13.8. The van der Waals surface area contributed by atoms with Crippen LogP contribution in [-0.2, 0) is 16.6 Å². The molecule has 116 valence electrons. The number of hydrogen-bond donors (Lipinski definition) is 2. The Labute approximate surface area is 128 Å². The van der Waals surface area contributed by atoms with Gasteiger partial charge in [-0.1, -0.05) is 19.9 Å². The van der Waals surface area contributed by atoms with E-state index < -0.39 is 10.0 Å². The first-order valence-corrected chi connectivity index (χ1v) is 8.97. The number of aryl methyl sites for hydroxylation is 1. The first-order chi connectivity index (χ1) is 9.85. The van der Waals surface area contributed by atoms with E-state index in [1.165, 1.54) is 17.4 Å². The van der Waals surface area contributed by atoms with Crippen LogP contribution in [0.3, 0.4) is 0 Å². The average molecular weight is 329 g/mol. The minimum Gasteiger partial charge on any atom is -0.462 e. The van der Waals surface area contributed by atoms with Crippen molar-refractivity contribution in [3.63, 3.8) is 0 Å². The lowest BCUT2D eigenvalue weighted by molar-refractivity contribution is 0.244. The Morgan fingerprint density at radius 1 is 1.43 bits per heavy atom. The molecule has 0 aliphatic heterocycles. The lowest BCUT2D eigenvalue weighted by Crippen LogP contribution is -2.31. The normalized spacial score (nSPS) is 13.8. The van der Waals surface area contributed by atoms with Gasteiger partial charge in [0.05, 0.1) is 6.04 Å². The smallest absolute Gasteiger partial charge is 0.244 e. The number of furan rings is 1. The molecule has 2 N–H and O–H groups in total. The molecule has 0 radical (unpaired) electrons. The zero-order valence-electron chi connectivity index (χ0n) is 12.2. The summed E-state index contributed by atoms with van der Waals surface area (Å²) < 4.78 is 33.0. The van der Waals surface area contributed by atoms with Gasteiger partial charge < -0.3 is 9.52 Å². The van der Waals surface area contributed by atoms with Gasteiger partial charge in [0.25, 0.3) is 0 Å². The fourth-order valence-corrected chi connectivity index (χ4v) is 4.68. The second-order valence-corrected chi connectivity index (χ2v) is 7.81. The lowest BCUT2D eigenvalue weighted by atomic mass is 10.0. The summed E-state index contributed by atoms with van der Waals surface area (Å²) in [6.45, 7) is 5.18.